The number of benzene rings is 2. The number of carboxylic acids is 1. The van der Waals surface area contributed by atoms with Crippen molar-refractivity contribution in [1.82, 2.24) is 10.6 Å². The number of hydrogen-bond acceptors (Lipinski definition) is 4. The van der Waals surface area contributed by atoms with Gasteiger partial charge in [0, 0.05) is 17.9 Å². The number of carbonyl (C=O) groups is 3. The fourth-order valence-corrected chi connectivity index (χ4v) is 5.73. The highest BCUT2D eigenvalue weighted by atomic mass is 16.5. The van der Waals surface area contributed by atoms with E-state index in [1.54, 1.807) is 0 Å². The van der Waals surface area contributed by atoms with E-state index in [1.165, 1.54) is 11.1 Å². The Morgan fingerprint density at radius 2 is 1.63 bits per heavy atom. The molecule has 0 aliphatic heterocycles. The average Bonchev–Trinajstić information content (AvgIpc) is 3.45. The highest BCUT2D eigenvalue weighted by Gasteiger charge is 2.36. The van der Waals surface area contributed by atoms with Gasteiger partial charge in [0.1, 0.15) is 6.61 Å². The van der Waals surface area contributed by atoms with Crippen LogP contribution in [0.25, 0.3) is 11.1 Å². The smallest absolute Gasteiger partial charge is 0.407 e. The topological polar surface area (TPSA) is 105 Å². The Hall–Kier alpha value is -3.61. The molecular formula is C28H30N2O5. The zero-order valence-electron chi connectivity index (χ0n) is 19.5. The Morgan fingerprint density at radius 3 is 2.31 bits per heavy atom. The lowest BCUT2D eigenvalue weighted by Crippen LogP contribution is -2.45. The van der Waals surface area contributed by atoms with Gasteiger partial charge in [0.15, 0.2) is 0 Å². The van der Waals surface area contributed by atoms with Crippen LogP contribution in [0, 0.1) is 11.8 Å². The molecule has 2 amide bonds. The Labute approximate surface area is 204 Å². The van der Waals surface area contributed by atoms with Crippen LogP contribution < -0.4 is 10.6 Å². The Kier molecular flexibility index (Phi) is 6.57. The summed E-state index contributed by atoms with van der Waals surface area (Å²) in [5.74, 6) is -1.85. The van der Waals surface area contributed by atoms with Gasteiger partial charge >= 0.3 is 12.1 Å². The summed E-state index contributed by atoms with van der Waals surface area (Å²) in [5.41, 5.74) is 4.66. The molecular weight excluding hydrogens is 444 g/mol. The fourth-order valence-electron chi connectivity index (χ4n) is 5.73. The maximum absolute atomic E-state index is 12.8. The lowest BCUT2D eigenvalue weighted by molar-refractivity contribution is -0.142. The molecule has 5 rings (SSSR count). The minimum Gasteiger partial charge on any atom is -0.481 e. The molecule has 3 N–H and O–H groups in total. The molecule has 0 unspecified atom stereocenters. The number of carbonyl (C=O) groups excluding carboxylic acids is 2. The second-order valence-electron chi connectivity index (χ2n) is 9.66. The molecule has 3 aliphatic carbocycles. The SMILES string of the molecule is O=C(N[C@@H]1C=CC[C@@H](C(=O)N[C@H]2CCC[C@H]2C(=O)O)C1)OCC1c2ccccc2-c2ccccc21. The highest BCUT2D eigenvalue weighted by molar-refractivity contribution is 5.81. The van der Waals surface area contributed by atoms with Crippen molar-refractivity contribution in [3.8, 4) is 11.1 Å². The van der Waals surface area contributed by atoms with Crippen molar-refractivity contribution in [2.45, 2.75) is 50.1 Å². The first-order chi connectivity index (χ1) is 17.0. The van der Waals surface area contributed by atoms with Crippen molar-refractivity contribution in [1.29, 1.82) is 0 Å². The van der Waals surface area contributed by atoms with Gasteiger partial charge in [0.2, 0.25) is 5.91 Å². The third-order valence-electron chi connectivity index (χ3n) is 7.51. The Morgan fingerprint density at radius 1 is 0.943 bits per heavy atom. The van der Waals surface area contributed by atoms with E-state index in [9.17, 15) is 19.5 Å². The monoisotopic (exact) mass is 474 g/mol. The molecule has 7 nitrogen and oxygen atoms in total. The van der Waals surface area contributed by atoms with Crippen LogP contribution in [0.1, 0.15) is 49.1 Å². The third kappa shape index (κ3) is 4.81. The van der Waals surface area contributed by atoms with Crippen LogP contribution in [0.4, 0.5) is 4.79 Å². The lowest BCUT2D eigenvalue weighted by Gasteiger charge is -2.27. The van der Waals surface area contributed by atoms with Gasteiger partial charge in [0.25, 0.3) is 0 Å². The number of rotatable bonds is 6. The van der Waals surface area contributed by atoms with Gasteiger partial charge in [-0.15, -0.1) is 0 Å². The minimum absolute atomic E-state index is 0.0119. The normalized spacial score (nSPS) is 24.9. The summed E-state index contributed by atoms with van der Waals surface area (Å²) >= 11 is 0. The molecule has 3 aliphatic rings. The number of hydrogen-bond donors (Lipinski definition) is 3. The molecule has 0 saturated heterocycles. The summed E-state index contributed by atoms with van der Waals surface area (Å²) in [6, 6.07) is 15.7. The van der Waals surface area contributed by atoms with Gasteiger partial charge < -0.3 is 20.5 Å². The van der Waals surface area contributed by atoms with E-state index in [1.807, 2.05) is 36.4 Å². The van der Waals surface area contributed by atoms with Gasteiger partial charge in [-0.2, -0.15) is 0 Å². The molecule has 0 radical (unpaired) electrons. The summed E-state index contributed by atoms with van der Waals surface area (Å²) < 4.78 is 5.64. The average molecular weight is 475 g/mol. The molecule has 2 aromatic carbocycles. The molecule has 182 valence electrons. The van der Waals surface area contributed by atoms with E-state index in [-0.39, 0.29) is 36.4 Å². The van der Waals surface area contributed by atoms with Crippen LogP contribution in [0.15, 0.2) is 60.7 Å². The van der Waals surface area contributed by atoms with E-state index < -0.39 is 18.0 Å². The molecule has 0 aromatic heterocycles. The number of alkyl carbamates (subject to hydrolysis) is 1. The number of fused-ring (bicyclic) bond motifs is 3. The number of aliphatic carboxylic acids is 1. The minimum atomic E-state index is -0.855. The third-order valence-corrected chi connectivity index (χ3v) is 7.51. The molecule has 35 heavy (non-hydrogen) atoms. The van der Waals surface area contributed by atoms with Crippen molar-refractivity contribution in [3.63, 3.8) is 0 Å². The van der Waals surface area contributed by atoms with Crippen LogP contribution in [0.2, 0.25) is 0 Å². The van der Waals surface area contributed by atoms with E-state index in [2.05, 4.69) is 34.9 Å². The number of carboxylic acid groups (broad SMARTS) is 1. The second kappa shape index (κ2) is 9.94. The Balaban J connectivity index is 1.15. The van der Waals surface area contributed by atoms with Crippen molar-refractivity contribution in [2.75, 3.05) is 6.61 Å². The van der Waals surface area contributed by atoms with Gasteiger partial charge in [-0.3, -0.25) is 9.59 Å². The summed E-state index contributed by atoms with van der Waals surface area (Å²) in [7, 11) is 0. The van der Waals surface area contributed by atoms with E-state index in [4.69, 9.17) is 4.74 Å². The molecule has 2 aromatic rings. The maximum Gasteiger partial charge on any atom is 0.407 e. The molecule has 7 heteroatoms. The maximum atomic E-state index is 12.8. The first-order valence-corrected chi connectivity index (χ1v) is 12.3. The highest BCUT2D eigenvalue weighted by Crippen LogP contribution is 2.44. The van der Waals surface area contributed by atoms with Gasteiger partial charge in [-0.1, -0.05) is 67.1 Å². The zero-order chi connectivity index (χ0) is 24.4. The van der Waals surface area contributed by atoms with Crippen molar-refractivity contribution in [2.24, 2.45) is 11.8 Å². The molecule has 1 saturated carbocycles. The largest absolute Gasteiger partial charge is 0.481 e. The summed E-state index contributed by atoms with van der Waals surface area (Å²) in [5, 5.41) is 15.2. The summed E-state index contributed by atoms with van der Waals surface area (Å²) in [4.78, 5) is 36.8. The molecule has 1 fully saturated rings. The van der Waals surface area contributed by atoms with E-state index in [0.29, 0.717) is 25.7 Å². The van der Waals surface area contributed by atoms with Crippen LogP contribution in [-0.4, -0.2) is 41.8 Å². The van der Waals surface area contributed by atoms with Gasteiger partial charge in [-0.25, -0.2) is 4.79 Å². The van der Waals surface area contributed by atoms with Gasteiger partial charge in [-0.05, 0) is 47.9 Å². The summed E-state index contributed by atoms with van der Waals surface area (Å²) in [6.07, 6.45) is 6.38. The van der Waals surface area contributed by atoms with Gasteiger partial charge in [0.05, 0.1) is 12.0 Å². The number of ether oxygens (including phenoxy) is 1. The first-order valence-electron chi connectivity index (χ1n) is 12.3. The number of amides is 2. The van der Waals surface area contributed by atoms with Crippen LogP contribution in [-0.2, 0) is 14.3 Å². The quantitative estimate of drug-likeness (QED) is 0.544. The first kappa shape index (κ1) is 23.1. The number of nitrogens with one attached hydrogen (secondary N) is 2. The summed E-state index contributed by atoms with van der Waals surface area (Å²) in [6.45, 7) is 0.235. The van der Waals surface area contributed by atoms with Crippen molar-refractivity contribution >= 4 is 18.0 Å². The second-order valence-corrected chi connectivity index (χ2v) is 9.66. The predicted molar refractivity (Wildman–Crippen MR) is 131 cm³/mol. The van der Waals surface area contributed by atoms with Crippen LogP contribution in [0.5, 0.6) is 0 Å². The number of allylic oxidation sites excluding steroid dienone is 1. The molecule has 0 bridgehead atoms. The zero-order valence-corrected chi connectivity index (χ0v) is 19.5. The molecule has 4 atom stereocenters. The Bertz CT molecular complexity index is 1110. The van der Waals surface area contributed by atoms with Crippen LogP contribution >= 0.6 is 0 Å². The van der Waals surface area contributed by atoms with E-state index >= 15 is 0 Å². The predicted octanol–water partition coefficient (Wildman–Crippen LogP) is 4.23. The van der Waals surface area contributed by atoms with Crippen LogP contribution in [0.3, 0.4) is 0 Å². The van der Waals surface area contributed by atoms with E-state index in [0.717, 1.165) is 17.5 Å². The molecule has 0 spiro atoms. The standard InChI is InChI=1S/C28H30N2O5/c31-26(30-25-14-6-13-23(25)27(32)33)17-7-5-8-18(15-17)29-28(34)35-16-24-21-11-3-1-9-19(21)20-10-2-4-12-22(20)24/h1-5,8-12,17-18,23-25H,6-7,13-16H2,(H,29,34)(H,30,31)(H,32,33)/t17-,18-,23-,25+/m1/s1. The lowest BCUT2D eigenvalue weighted by atomic mass is 9.89. The fraction of sp³-hybridized carbons (Fsp3) is 0.393. The van der Waals surface area contributed by atoms with Crippen molar-refractivity contribution < 1.29 is 24.2 Å². The molecule has 0 heterocycles. The van der Waals surface area contributed by atoms with Crippen molar-refractivity contribution in [3.05, 3.63) is 71.8 Å².